The molecule has 1 aliphatic heterocycles. The van der Waals surface area contributed by atoms with E-state index < -0.39 is 0 Å². The van der Waals surface area contributed by atoms with Gasteiger partial charge < -0.3 is 14.7 Å². The maximum Gasteiger partial charge on any atom is 0.223 e. The number of likely N-dealkylation sites (tertiary alicyclic amines) is 1. The van der Waals surface area contributed by atoms with E-state index in [0.29, 0.717) is 24.3 Å². The van der Waals surface area contributed by atoms with Gasteiger partial charge in [0.05, 0.1) is 0 Å². The molecule has 0 radical (unpaired) electrons. The molecule has 1 unspecified atom stereocenters. The summed E-state index contributed by atoms with van der Waals surface area (Å²) in [4.78, 5) is 13.6. The first kappa shape index (κ1) is 16.7. The SMILES string of the molecule is CCNC(=NCc1noc(C)n1)N(C)CC1CCCN1CC. The summed E-state index contributed by atoms with van der Waals surface area (Å²) < 4.78 is 4.98. The number of guanidine groups is 1. The first-order valence-corrected chi connectivity index (χ1v) is 8.16. The molecule has 22 heavy (non-hydrogen) atoms. The standard InChI is InChI=1S/C15H28N6O/c1-5-16-15(17-10-14-18-12(3)22-19-14)20(4)11-13-8-7-9-21(13)6-2/h13H,5-11H2,1-4H3,(H,16,17). The van der Waals surface area contributed by atoms with E-state index in [1.807, 2.05) is 0 Å². The molecule has 0 spiro atoms. The maximum atomic E-state index is 4.98. The molecule has 0 aromatic carbocycles. The number of nitrogens with zero attached hydrogens (tertiary/aromatic N) is 5. The third kappa shape index (κ3) is 4.43. The zero-order valence-electron chi connectivity index (χ0n) is 14.2. The highest BCUT2D eigenvalue weighted by Gasteiger charge is 2.24. The largest absolute Gasteiger partial charge is 0.357 e. The van der Waals surface area contributed by atoms with Gasteiger partial charge in [-0.05, 0) is 32.9 Å². The van der Waals surface area contributed by atoms with Gasteiger partial charge >= 0.3 is 0 Å². The van der Waals surface area contributed by atoms with Crippen LogP contribution >= 0.6 is 0 Å². The average Bonchev–Trinajstić information content (AvgIpc) is 3.12. The normalized spacial score (nSPS) is 19.6. The van der Waals surface area contributed by atoms with Crippen LogP contribution in [0.3, 0.4) is 0 Å². The van der Waals surface area contributed by atoms with E-state index in [-0.39, 0.29) is 0 Å². The van der Waals surface area contributed by atoms with Crippen LogP contribution in [0.15, 0.2) is 9.52 Å². The van der Waals surface area contributed by atoms with Crippen LogP contribution in [0.25, 0.3) is 0 Å². The van der Waals surface area contributed by atoms with E-state index >= 15 is 0 Å². The van der Waals surface area contributed by atoms with Crippen molar-refractivity contribution in [3.63, 3.8) is 0 Å². The fourth-order valence-corrected chi connectivity index (χ4v) is 2.94. The highest BCUT2D eigenvalue weighted by atomic mass is 16.5. The molecule has 2 heterocycles. The first-order chi connectivity index (χ1) is 10.6. The third-order valence-corrected chi connectivity index (χ3v) is 4.03. The van der Waals surface area contributed by atoms with Crippen molar-refractivity contribution in [1.82, 2.24) is 25.3 Å². The molecule has 7 nitrogen and oxygen atoms in total. The van der Waals surface area contributed by atoms with Gasteiger partial charge in [0.25, 0.3) is 0 Å². The summed E-state index contributed by atoms with van der Waals surface area (Å²) in [5, 5.41) is 7.23. The number of nitrogens with one attached hydrogen (secondary N) is 1. The Hall–Kier alpha value is -1.63. The fourth-order valence-electron chi connectivity index (χ4n) is 2.94. The van der Waals surface area contributed by atoms with Gasteiger partial charge in [0.15, 0.2) is 11.8 Å². The summed E-state index contributed by atoms with van der Waals surface area (Å²) in [7, 11) is 2.09. The van der Waals surface area contributed by atoms with Crippen molar-refractivity contribution in [1.29, 1.82) is 0 Å². The maximum absolute atomic E-state index is 4.98. The number of likely N-dealkylation sites (N-methyl/N-ethyl adjacent to an activating group) is 2. The molecule has 124 valence electrons. The minimum atomic E-state index is 0.437. The highest BCUT2D eigenvalue weighted by molar-refractivity contribution is 5.79. The van der Waals surface area contributed by atoms with E-state index in [1.165, 1.54) is 19.4 Å². The Labute approximate surface area is 132 Å². The van der Waals surface area contributed by atoms with E-state index in [1.54, 1.807) is 6.92 Å². The monoisotopic (exact) mass is 308 g/mol. The minimum absolute atomic E-state index is 0.437. The predicted octanol–water partition coefficient (Wildman–Crippen LogP) is 1.26. The quantitative estimate of drug-likeness (QED) is 0.630. The molecule has 0 saturated carbocycles. The van der Waals surface area contributed by atoms with E-state index in [4.69, 9.17) is 4.52 Å². The molecule has 0 bridgehead atoms. The lowest BCUT2D eigenvalue weighted by Gasteiger charge is -2.29. The zero-order chi connectivity index (χ0) is 15.9. The second-order valence-electron chi connectivity index (χ2n) is 5.70. The number of aryl methyl sites for hydroxylation is 1. The molecular weight excluding hydrogens is 280 g/mol. The van der Waals surface area contributed by atoms with E-state index in [0.717, 1.165) is 25.6 Å². The van der Waals surface area contributed by atoms with Crippen molar-refractivity contribution in [2.75, 3.05) is 33.2 Å². The van der Waals surface area contributed by atoms with Crippen molar-refractivity contribution in [2.45, 2.75) is 46.2 Å². The van der Waals surface area contributed by atoms with E-state index in [2.05, 4.69) is 51.1 Å². The number of aliphatic imine (C=N–C) groups is 1. The van der Waals surface area contributed by atoms with Crippen LogP contribution in [0.2, 0.25) is 0 Å². The summed E-state index contributed by atoms with van der Waals surface area (Å²) >= 11 is 0. The second-order valence-corrected chi connectivity index (χ2v) is 5.70. The first-order valence-electron chi connectivity index (χ1n) is 8.16. The Morgan fingerprint density at radius 1 is 1.50 bits per heavy atom. The fraction of sp³-hybridized carbons (Fsp3) is 0.800. The Bertz CT molecular complexity index is 486. The molecule has 0 amide bonds. The number of hydrogen-bond donors (Lipinski definition) is 1. The molecule has 1 aliphatic rings. The lowest BCUT2D eigenvalue weighted by molar-refractivity contribution is 0.232. The predicted molar refractivity (Wildman–Crippen MR) is 86.7 cm³/mol. The smallest absolute Gasteiger partial charge is 0.223 e. The van der Waals surface area contributed by atoms with Crippen molar-refractivity contribution in [3.8, 4) is 0 Å². The van der Waals surface area contributed by atoms with Gasteiger partial charge in [-0.2, -0.15) is 4.98 Å². The Balaban J connectivity index is 1.96. The van der Waals surface area contributed by atoms with Crippen LogP contribution in [0.1, 0.15) is 38.4 Å². The molecule has 7 heteroatoms. The van der Waals surface area contributed by atoms with Crippen LogP contribution in [-0.2, 0) is 6.54 Å². The molecule has 1 aromatic heterocycles. The number of hydrogen-bond acceptors (Lipinski definition) is 5. The lowest BCUT2D eigenvalue weighted by Crippen LogP contribution is -2.45. The Kier molecular flexibility index (Phi) is 6.18. The van der Waals surface area contributed by atoms with Gasteiger partial charge in [-0.15, -0.1) is 0 Å². The lowest BCUT2D eigenvalue weighted by atomic mass is 10.2. The van der Waals surface area contributed by atoms with E-state index in [9.17, 15) is 0 Å². The van der Waals surface area contributed by atoms with Gasteiger partial charge in [0.2, 0.25) is 5.89 Å². The van der Waals surface area contributed by atoms with Crippen LogP contribution in [-0.4, -0.2) is 65.2 Å². The Morgan fingerprint density at radius 2 is 2.32 bits per heavy atom. The molecule has 1 aromatic rings. The Morgan fingerprint density at radius 3 is 2.95 bits per heavy atom. The van der Waals surface area contributed by atoms with Crippen LogP contribution in [0.4, 0.5) is 0 Å². The second kappa shape index (κ2) is 8.12. The molecular formula is C15H28N6O. The minimum Gasteiger partial charge on any atom is -0.357 e. The summed E-state index contributed by atoms with van der Waals surface area (Å²) in [6.07, 6.45) is 2.56. The molecule has 0 aliphatic carbocycles. The van der Waals surface area contributed by atoms with Crippen molar-refractivity contribution in [2.24, 2.45) is 4.99 Å². The third-order valence-electron chi connectivity index (χ3n) is 4.03. The molecule has 1 fully saturated rings. The van der Waals surface area contributed by atoms with Gasteiger partial charge in [-0.3, -0.25) is 4.90 Å². The summed E-state index contributed by atoms with van der Waals surface area (Å²) in [5.74, 6) is 2.10. The summed E-state index contributed by atoms with van der Waals surface area (Å²) in [5.41, 5.74) is 0. The van der Waals surface area contributed by atoms with Crippen LogP contribution in [0, 0.1) is 6.92 Å². The van der Waals surface area contributed by atoms with Gasteiger partial charge in [0, 0.05) is 33.1 Å². The summed E-state index contributed by atoms with van der Waals surface area (Å²) in [6, 6.07) is 0.617. The molecule has 1 atom stereocenters. The number of aromatic nitrogens is 2. The van der Waals surface area contributed by atoms with Crippen LogP contribution < -0.4 is 5.32 Å². The van der Waals surface area contributed by atoms with Gasteiger partial charge in [-0.25, -0.2) is 4.99 Å². The molecule has 1 saturated heterocycles. The van der Waals surface area contributed by atoms with Crippen molar-refractivity contribution in [3.05, 3.63) is 11.7 Å². The van der Waals surface area contributed by atoms with Crippen LogP contribution in [0.5, 0.6) is 0 Å². The number of rotatable bonds is 6. The van der Waals surface area contributed by atoms with Gasteiger partial charge in [-0.1, -0.05) is 12.1 Å². The van der Waals surface area contributed by atoms with Crippen molar-refractivity contribution >= 4 is 5.96 Å². The average molecular weight is 308 g/mol. The topological polar surface area (TPSA) is 69.8 Å². The molecule has 2 rings (SSSR count). The molecule has 1 N–H and O–H groups in total. The summed E-state index contributed by atoms with van der Waals surface area (Å²) in [6.45, 7) is 10.7. The highest BCUT2D eigenvalue weighted by Crippen LogP contribution is 2.17. The van der Waals surface area contributed by atoms with Gasteiger partial charge in [0.1, 0.15) is 6.54 Å². The van der Waals surface area contributed by atoms with Crippen molar-refractivity contribution < 1.29 is 4.52 Å². The zero-order valence-corrected chi connectivity index (χ0v) is 14.2.